The highest BCUT2D eigenvalue weighted by Crippen LogP contribution is 2.31. The molecular weight excluding hydrogens is 252 g/mol. The largest absolute Gasteiger partial charge is 0.478 e. The van der Waals surface area contributed by atoms with Crippen LogP contribution in [0.2, 0.25) is 0 Å². The number of nitrogens with zero attached hydrogens (tertiary/aromatic N) is 4. The third-order valence-corrected chi connectivity index (χ3v) is 4.59. The lowest BCUT2D eigenvalue weighted by Gasteiger charge is -2.46. The normalized spacial score (nSPS) is 27.2. The van der Waals surface area contributed by atoms with Gasteiger partial charge in [-0.1, -0.05) is 0 Å². The number of rotatable bonds is 3. The molecule has 2 saturated heterocycles. The number of piperidine rings is 2. The number of hydrogen-bond acceptors (Lipinski definition) is 5. The summed E-state index contributed by atoms with van der Waals surface area (Å²) in [5.41, 5.74) is 0. The van der Waals surface area contributed by atoms with E-state index in [1.165, 1.54) is 25.8 Å². The van der Waals surface area contributed by atoms with Crippen LogP contribution in [-0.2, 0) is 0 Å². The molecule has 0 amide bonds. The molecule has 0 aliphatic carbocycles. The fourth-order valence-corrected chi connectivity index (χ4v) is 3.59. The zero-order valence-electron chi connectivity index (χ0n) is 12.5. The Morgan fingerprint density at radius 2 is 2.20 bits per heavy atom. The molecule has 2 fully saturated rings. The van der Waals surface area contributed by atoms with Gasteiger partial charge in [0.2, 0.25) is 5.88 Å². The molecule has 0 saturated carbocycles. The fourth-order valence-electron chi connectivity index (χ4n) is 3.59. The van der Waals surface area contributed by atoms with Gasteiger partial charge in [-0.2, -0.15) is 0 Å². The number of aromatic nitrogens is 2. The summed E-state index contributed by atoms with van der Waals surface area (Å²) >= 11 is 0. The quantitative estimate of drug-likeness (QED) is 0.842. The van der Waals surface area contributed by atoms with Crippen LogP contribution in [0.4, 0.5) is 5.82 Å². The minimum absolute atomic E-state index is 0.645. The zero-order valence-corrected chi connectivity index (χ0v) is 12.5. The van der Waals surface area contributed by atoms with Gasteiger partial charge in [0.1, 0.15) is 12.1 Å². The standard InChI is InChI=1S/C15H24N4O/c1-3-20-15-9-14(16-11-17-15)19-8-6-13-12(10-19)5-4-7-18(13)2/h9,11-13H,3-8,10H2,1-2H3. The predicted molar refractivity (Wildman–Crippen MR) is 79.2 cm³/mol. The van der Waals surface area contributed by atoms with Crippen LogP contribution in [0.1, 0.15) is 26.2 Å². The number of ether oxygens (including phenoxy) is 1. The van der Waals surface area contributed by atoms with Gasteiger partial charge >= 0.3 is 0 Å². The molecule has 5 nitrogen and oxygen atoms in total. The summed E-state index contributed by atoms with van der Waals surface area (Å²) in [7, 11) is 2.27. The van der Waals surface area contributed by atoms with Gasteiger partial charge in [-0.3, -0.25) is 0 Å². The van der Waals surface area contributed by atoms with Crippen LogP contribution in [0, 0.1) is 5.92 Å². The molecule has 5 heteroatoms. The van der Waals surface area contributed by atoms with Gasteiger partial charge in [-0.15, -0.1) is 0 Å². The van der Waals surface area contributed by atoms with Crippen molar-refractivity contribution in [2.24, 2.45) is 5.92 Å². The Labute approximate surface area is 121 Å². The second-order valence-electron chi connectivity index (χ2n) is 5.83. The van der Waals surface area contributed by atoms with Crippen molar-refractivity contribution >= 4 is 5.82 Å². The minimum Gasteiger partial charge on any atom is -0.478 e. The SMILES string of the molecule is CCOc1cc(N2CCC3C(CCCN3C)C2)ncn1. The van der Waals surface area contributed by atoms with Crippen molar-refractivity contribution in [3.63, 3.8) is 0 Å². The van der Waals surface area contributed by atoms with E-state index in [1.54, 1.807) is 6.33 Å². The molecule has 0 radical (unpaired) electrons. The van der Waals surface area contributed by atoms with E-state index < -0.39 is 0 Å². The van der Waals surface area contributed by atoms with E-state index in [0.29, 0.717) is 12.5 Å². The lowest BCUT2D eigenvalue weighted by atomic mass is 9.84. The molecule has 0 bridgehead atoms. The molecule has 20 heavy (non-hydrogen) atoms. The Hall–Kier alpha value is -1.36. The smallest absolute Gasteiger partial charge is 0.218 e. The molecule has 3 heterocycles. The molecule has 1 aromatic heterocycles. The van der Waals surface area contributed by atoms with Crippen molar-refractivity contribution in [2.75, 3.05) is 38.2 Å². The molecule has 2 aliphatic rings. The summed E-state index contributed by atoms with van der Waals surface area (Å²) in [6.07, 6.45) is 5.50. The number of likely N-dealkylation sites (tertiary alicyclic amines) is 1. The van der Waals surface area contributed by atoms with Crippen LogP contribution in [0.5, 0.6) is 5.88 Å². The van der Waals surface area contributed by atoms with Crippen molar-refractivity contribution in [1.29, 1.82) is 0 Å². The van der Waals surface area contributed by atoms with E-state index in [-0.39, 0.29) is 0 Å². The van der Waals surface area contributed by atoms with E-state index in [9.17, 15) is 0 Å². The Morgan fingerprint density at radius 1 is 1.30 bits per heavy atom. The summed E-state index contributed by atoms with van der Waals surface area (Å²) in [5, 5.41) is 0. The summed E-state index contributed by atoms with van der Waals surface area (Å²) in [6, 6.07) is 2.73. The van der Waals surface area contributed by atoms with Crippen molar-refractivity contribution in [3.05, 3.63) is 12.4 Å². The second-order valence-corrected chi connectivity index (χ2v) is 5.83. The Kier molecular flexibility index (Phi) is 4.05. The molecule has 2 aliphatic heterocycles. The lowest BCUT2D eigenvalue weighted by molar-refractivity contribution is 0.102. The molecule has 0 aromatic carbocycles. The van der Waals surface area contributed by atoms with Gasteiger partial charge in [0.05, 0.1) is 6.61 Å². The van der Waals surface area contributed by atoms with Crippen molar-refractivity contribution in [3.8, 4) is 5.88 Å². The van der Waals surface area contributed by atoms with Gasteiger partial charge in [0.15, 0.2) is 0 Å². The van der Waals surface area contributed by atoms with E-state index >= 15 is 0 Å². The maximum Gasteiger partial charge on any atom is 0.218 e. The highest BCUT2D eigenvalue weighted by Gasteiger charge is 2.34. The number of hydrogen-bond donors (Lipinski definition) is 0. The van der Waals surface area contributed by atoms with E-state index in [4.69, 9.17) is 4.74 Å². The first-order valence-corrected chi connectivity index (χ1v) is 7.68. The van der Waals surface area contributed by atoms with Gasteiger partial charge in [0.25, 0.3) is 0 Å². The van der Waals surface area contributed by atoms with Crippen LogP contribution in [-0.4, -0.2) is 54.2 Å². The van der Waals surface area contributed by atoms with Gasteiger partial charge < -0.3 is 14.5 Å². The fraction of sp³-hybridized carbons (Fsp3) is 0.733. The Morgan fingerprint density at radius 3 is 3.05 bits per heavy atom. The summed E-state index contributed by atoms with van der Waals surface area (Å²) in [6.45, 7) is 6.06. The third-order valence-electron chi connectivity index (χ3n) is 4.59. The predicted octanol–water partition coefficient (Wildman–Crippen LogP) is 1.80. The highest BCUT2D eigenvalue weighted by atomic mass is 16.5. The average Bonchev–Trinajstić information content (AvgIpc) is 2.48. The summed E-state index contributed by atoms with van der Waals surface area (Å²) in [4.78, 5) is 13.5. The third kappa shape index (κ3) is 2.73. The van der Waals surface area contributed by atoms with Crippen molar-refractivity contribution < 1.29 is 4.74 Å². The van der Waals surface area contributed by atoms with Crippen molar-refractivity contribution in [2.45, 2.75) is 32.2 Å². The summed E-state index contributed by atoms with van der Waals surface area (Å²) < 4.78 is 5.48. The first kappa shape index (κ1) is 13.6. The molecular formula is C15H24N4O. The number of anilines is 1. The monoisotopic (exact) mass is 276 g/mol. The molecule has 3 rings (SSSR count). The Bertz CT molecular complexity index is 453. The van der Waals surface area contributed by atoms with E-state index in [0.717, 1.165) is 30.9 Å². The maximum absolute atomic E-state index is 5.48. The van der Waals surface area contributed by atoms with Gasteiger partial charge in [-0.05, 0) is 45.7 Å². The zero-order chi connectivity index (χ0) is 13.9. The maximum atomic E-state index is 5.48. The van der Waals surface area contributed by atoms with Crippen LogP contribution >= 0.6 is 0 Å². The van der Waals surface area contributed by atoms with Crippen LogP contribution in [0.25, 0.3) is 0 Å². The van der Waals surface area contributed by atoms with Crippen LogP contribution in [0.3, 0.4) is 0 Å². The minimum atomic E-state index is 0.645. The molecule has 2 unspecified atom stereocenters. The number of fused-ring (bicyclic) bond motifs is 1. The first-order chi connectivity index (χ1) is 9.78. The van der Waals surface area contributed by atoms with Gasteiger partial charge in [-0.25, -0.2) is 9.97 Å². The van der Waals surface area contributed by atoms with Crippen LogP contribution in [0.15, 0.2) is 12.4 Å². The molecule has 0 spiro atoms. The molecule has 1 aromatic rings. The first-order valence-electron chi connectivity index (χ1n) is 7.68. The molecule has 110 valence electrons. The lowest BCUT2D eigenvalue weighted by Crippen LogP contribution is -2.52. The topological polar surface area (TPSA) is 41.5 Å². The second kappa shape index (κ2) is 5.95. The average molecular weight is 276 g/mol. The van der Waals surface area contributed by atoms with Crippen molar-refractivity contribution in [1.82, 2.24) is 14.9 Å². The van der Waals surface area contributed by atoms with Gasteiger partial charge in [0, 0.05) is 25.2 Å². The molecule has 0 N–H and O–H groups in total. The summed E-state index contributed by atoms with van der Waals surface area (Å²) in [5.74, 6) is 2.46. The Balaban J connectivity index is 1.71. The van der Waals surface area contributed by atoms with Crippen LogP contribution < -0.4 is 9.64 Å². The van der Waals surface area contributed by atoms with E-state index in [1.807, 2.05) is 13.0 Å². The van der Waals surface area contributed by atoms with E-state index in [2.05, 4.69) is 26.8 Å². The highest BCUT2D eigenvalue weighted by molar-refractivity contribution is 5.41. The molecule has 2 atom stereocenters.